The fraction of sp³-hybridized carbons (Fsp3) is 0.0968. The van der Waals surface area contributed by atoms with Crippen LogP contribution in [0.1, 0.15) is 22.7 Å². The molecule has 190 valence electrons. The number of methoxy groups -OCH3 is 1. The minimum absolute atomic E-state index is 0.0439. The van der Waals surface area contributed by atoms with Crippen LogP contribution in [0.4, 0.5) is 17.1 Å². The zero-order valence-corrected chi connectivity index (χ0v) is 20.9. The standard InChI is InChI=1S/C31H26N2O5/c1-19-8-17-26(38-2)25(18-19)29(35)27-28(20-9-15-24(34)16-10-20)33(31(37)30(27)36)23-13-11-22(12-14-23)32-21-6-4-3-5-7-21/h3-18,28,32,34-35H,1-2H3/b29-27+. The van der Waals surface area contributed by atoms with E-state index in [1.54, 1.807) is 36.4 Å². The first kappa shape index (κ1) is 24.6. The zero-order chi connectivity index (χ0) is 26.8. The summed E-state index contributed by atoms with van der Waals surface area (Å²) >= 11 is 0. The van der Waals surface area contributed by atoms with Gasteiger partial charge in [0.15, 0.2) is 0 Å². The minimum atomic E-state index is -0.922. The first-order valence-electron chi connectivity index (χ1n) is 12.0. The fourth-order valence-electron chi connectivity index (χ4n) is 4.62. The number of amides is 1. The third kappa shape index (κ3) is 4.57. The van der Waals surface area contributed by atoms with Crippen LogP contribution in [-0.2, 0) is 9.59 Å². The van der Waals surface area contributed by atoms with E-state index in [1.165, 1.54) is 24.1 Å². The van der Waals surface area contributed by atoms with Gasteiger partial charge >= 0.3 is 0 Å². The number of aliphatic hydroxyl groups excluding tert-OH is 1. The number of ketones is 1. The van der Waals surface area contributed by atoms with E-state index in [1.807, 2.05) is 55.5 Å². The number of nitrogens with one attached hydrogen (secondary N) is 1. The molecule has 0 aliphatic carbocycles. The predicted octanol–water partition coefficient (Wildman–Crippen LogP) is 6.08. The molecule has 0 bridgehead atoms. The Balaban J connectivity index is 1.62. The first-order valence-corrected chi connectivity index (χ1v) is 12.0. The van der Waals surface area contributed by atoms with Crippen molar-refractivity contribution < 1.29 is 24.5 Å². The molecule has 1 aliphatic heterocycles. The molecule has 7 heteroatoms. The Hall–Kier alpha value is -5.04. The van der Waals surface area contributed by atoms with Crippen molar-refractivity contribution in [2.75, 3.05) is 17.3 Å². The second kappa shape index (κ2) is 10.1. The molecule has 0 radical (unpaired) electrons. The van der Waals surface area contributed by atoms with Gasteiger partial charge in [-0.05, 0) is 73.2 Å². The summed E-state index contributed by atoms with van der Waals surface area (Å²) in [6, 6.07) is 27.3. The second-order valence-electron chi connectivity index (χ2n) is 9.00. The molecule has 1 unspecified atom stereocenters. The molecular formula is C31H26N2O5. The molecule has 1 saturated heterocycles. The van der Waals surface area contributed by atoms with Gasteiger partial charge in [-0.1, -0.05) is 42.0 Å². The van der Waals surface area contributed by atoms with Crippen LogP contribution in [0.25, 0.3) is 5.76 Å². The number of benzene rings is 4. The number of hydrogen-bond donors (Lipinski definition) is 3. The highest BCUT2D eigenvalue weighted by atomic mass is 16.5. The van der Waals surface area contributed by atoms with Gasteiger partial charge in [0.25, 0.3) is 11.7 Å². The molecule has 0 aromatic heterocycles. The molecule has 7 nitrogen and oxygen atoms in total. The van der Waals surface area contributed by atoms with E-state index in [0.29, 0.717) is 22.6 Å². The van der Waals surface area contributed by atoms with E-state index < -0.39 is 17.7 Å². The number of ether oxygens (including phenoxy) is 1. The first-order chi connectivity index (χ1) is 18.4. The van der Waals surface area contributed by atoms with Crippen molar-refractivity contribution in [1.29, 1.82) is 0 Å². The maximum Gasteiger partial charge on any atom is 0.300 e. The Bertz CT molecular complexity index is 1530. The van der Waals surface area contributed by atoms with Crippen molar-refractivity contribution in [2.45, 2.75) is 13.0 Å². The van der Waals surface area contributed by atoms with Crippen molar-refractivity contribution in [1.82, 2.24) is 0 Å². The lowest BCUT2D eigenvalue weighted by molar-refractivity contribution is -0.132. The highest BCUT2D eigenvalue weighted by Gasteiger charge is 2.47. The van der Waals surface area contributed by atoms with Crippen LogP contribution >= 0.6 is 0 Å². The van der Waals surface area contributed by atoms with Crippen LogP contribution in [0.15, 0.2) is 103 Å². The average molecular weight is 507 g/mol. The van der Waals surface area contributed by atoms with Crippen LogP contribution in [0.3, 0.4) is 0 Å². The molecule has 1 heterocycles. The number of aryl methyl sites for hydroxylation is 1. The number of anilines is 3. The molecule has 1 atom stereocenters. The lowest BCUT2D eigenvalue weighted by Crippen LogP contribution is -2.29. The van der Waals surface area contributed by atoms with E-state index in [2.05, 4.69) is 5.32 Å². The zero-order valence-electron chi connectivity index (χ0n) is 20.9. The number of Topliss-reactive ketones (excluding diaryl/α,β-unsaturated/α-hetero) is 1. The summed E-state index contributed by atoms with van der Waals surface area (Å²) in [5, 5.41) is 24.6. The molecule has 1 aliphatic rings. The Morgan fingerprint density at radius 1 is 0.868 bits per heavy atom. The van der Waals surface area contributed by atoms with Crippen LogP contribution in [0.5, 0.6) is 11.5 Å². The number of rotatable bonds is 6. The van der Waals surface area contributed by atoms with E-state index in [0.717, 1.165) is 16.9 Å². The molecule has 5 rings (SSSR count). The number of nitrogens with zero attached hydrogens (tertiary/aromatic N) is 1. The van der Waals surface area contributed by atoms with Gasteiger partial charge in [-0.15, -0.1) is 0 Å². The average Bonchev–Trinajstić information content (AvgIpc) is 3.20. The van der Waals surface area contributed by atoms with E-state index in [-0.39, 0.29) is 17.1 Å². The molecular weight excluding hydrogens is 480 g/mol. The van der Waals surface area contributed by atoms with Gasteiger partial charge in [0.1, 0.15) is 17.3 Å². The normalized spacial score (nSPS) is 16.5. The molecule has 0 saturated carbocycles. The Morgan fingerprint density at radius 2 is 1.53 bits per heavy atom. The smallest absolute Gasteiger partial charge is 0.300 e. The third-order valence-electron chi connectivity index (χ3n) is 6.47. The van der Waals surface area contributed by atoms with Crippen molar-refractivity contribution in [3.05, 3.63) is 119 Å². The van der Waals surface area contributed by atoms with Crippen molar-refractivity contribution in [3.63, 3.8) is 0 Å². The molecule has 1 amide bonds. The third-order valence-corrected chi connectivity index (χ3v) is 6.47. The number of phenolic OH excluding ortho intramolecular Hbond substituents is 1. The van der Waals surface area contributed by atoms with Gasteiger partial charge in [-0.25, -0.2) is 0 Å². The number of phenols is 1. The summed E-state index contributed by atoms with van der Waals surface area (Å²) < 4.78 is 5.43. The maximum absolute atomic E-state index is 13.4. The van der Waals surface area contributed by atoms with Crippen molar-refractivity contribution >= 4 is 34.5 Å². The quantitative estimate of drug-likeness (QED) is 0.167. The van der Waals surface area contributed by atoms with Gasteiger partial charge in [0.05, 0.1) is 24.3 Å². The number of carbonyl (C=O) groups is 2. The summed E-state index contributed by atoms with van der Waals surface area (Å²) in [7, 11) is 1.47. The van der Waals surface area contributed by atoms with Crippen LogP contribution in [-0.4, -0.2) is 29.0 Å². The summed E-state index contributed by atoms with van der Waals surface area (Å²) in [4.78, 5) is 28.2. The molecule has 38 heavy (non-hydrogen) atoms. The molecule has 1 fully saturated rings. The SMILES string of the molecule is COc1ccc(C)cc1/C(O)=C1\C(=O)C(=O)N(c2ccc(Nc3ccccc3)cc2)C1c1ccc(O)cc1. The van der Waals surface area contributed by atoms with Crippen LogP contribution in [0.2, 0.25) is 0 Å². The van der Waals surface area contributed by atoms with Gasteiger partial charge in [0, 0.05) is 17.1 Å². The van der Waals surface area contributed by atoms with Crippen LogP contribution < -0.4 is 15.0 Å². The molecule has 0 spiro atoms. The number of para-hydroxylation sites is 1. The summed E-state index contributed by atoms with van der Waals surface area (Å²) in [5.41, 5.74) is 3.87. The van der Waals surface area contributed by atoms with E-state index in [4.69, 9.17) is 4.74 Å². The van der Waals surface area contributed by atoms with Gasteiger partial charge in [0.2, 0.25) is 0 Å². The molecule has 4 aromatic carbocycles. The largest absolute Gasteiger partial charge is 0.508 e. The number of hydrogen-bond acceptors (Lipinski definition) is 6. The lowest BCUT2D eigenvalue weighted by Gasteiger charge is -2.26. The van der Waals surface area contributed by atoms with E-state index in [9.17, 15) is 19.8 Å². The van der Waals surface area contributed by atoms with E-state index >= 15 is 0 Å². The lowest BCUT2D eigenvalue weighted by atomic mass is 9.94. The summed E-state index contributed by atoms with van der Waals surface area (Å²) in [5.74, 6) is -1.48. The summed E-state index contributed by atoms with van der Waals surface area (Å²) in [6.07, 6.45) is 0. The number of aliphatic hydroxyl groups is 1. The Labute approximate surface area is 220 Å². The fourth-order valence-corrected chi connectivity index (χ4v) is 4.62. The molecule has 4 aromatic rings. The van der Waals surface area contributed by atoms with Gasteiger partial charge in [-0.2, -0.15) is 0 Å². The highest BCUT2D eigenvalue weighted by Crippen LogP contribution is 2.43. The number of aromatic hydroxyl groups is 1. The van der Waals surface area contributed by atoms with Gasteiger partial charge in [-0.3, -0.25) is 14.5 Å². The van der Waals surface area contributed by atoms with Crippen molar-refractivity contribution in [2.24, 2.45) is 0 Å². The van der Waals surface area contributed by atoms with Gasteiger partial charge < -0.3 is 20.3 Å². The Kier molecular flexibility index (Phi) is 6.58. The monoisotopic (exact) mass is 506 g/mol. The van der Waals surface area contributed by atoms with Crippen molar-refractivity contribution in [3.8, 4) is 11.5 Å². The maximum atomic E-state index is 13.4. The van der Waals surface area contributed by atoms with Crippen LogP contribution in [0, 0.1) is 6.92 Å². The highest BCUT2D eigenvalue weighted by molar-refractivity contribution is 6.51. The second-order valence-corrected chi connectivity index (χ2v) is 9.00. The number of carbonyl (C=O) groups excluding carboxylic acids is 2. The summed E-state index contributed by atoms with van der Waals surface area (Å²) in [6.45, 7) is 1.86. The predicted molar refractivity (Wildman–Crippen MR) is 147 cm³/mol. The Morgan fingerprint density at radius 3 is 2.18 bits per heavy atom. The topological polar surface area (TPSA) is 99.1 Å². The minimum Gasteiger partial charge on any atom is -0.508 e. The molecule has 3 N–H and O–H groups in total.